The number of fused-ring (bicyclic) bond motifs is 1. The Morgan fingerprint density at radius 1 is 0.203 bits per heavy atom. The molecule has 10 rings (SSSR count). The molecule has 0 unspecified atom stereocenters. The Balaban J connectivity index is 0.983. The van der Waals surface area contributed by atoms with Crippen molar-refractivity contribution in [2.45, 2.75) is 0 Å². The number of rotatable bonds is 9. The Morgan fingerprint density at radius 2 is 0.525 bits per heavy atom. The quantitative estimate of drug-likeness (QED) is 0.142. The van der Waals surface area contributed by atoms with Gasteiger partial charge in [-0.1, -0.05) is 206 Å². The molecular weight excluding hydrogens is 711 g/mol. The molecule has 278 valence electrons. The summed E-state index contributed by atoms with van der Waals surface area (Å²) in [5.41, 5.74) is 17.8. The zero-order chi connectivity index (χ0) is 39.4. The molecule has 0 fully saturated rings. The van der Waals surface area contributed by atoms with Crippen molar-refractivity contribution in [3.8, 4) is 66.8 Å². The van der Waals surface area contributed by atoms with E-state index in [2.05, 4.69) is 254 Å². The lowest BCUT2D eigenvalue weighted by Gasteiger charge is -2.26. The van der Waals surface area contributed by atoms with Gasteiger partial charge in [-0.15, -0.1) is 0 Å². The Morgan fingerprint density at radius 3 is 1.03 bits per heavy atom. The molecule has 0 N–H and O–H groups in total. The Hall–Kier alpha value is -7.74. The Kier molecular flexibility index (Phi) is 9.68. The normalized spacial score (nSPS) is 11.1. The lowest BCUT2D eigenvalue weighted by molar-refractivity contribution is 1.28. The highest BCUT2D eigenvalue weighted by Gasteiger charge is 2.15. The second-order valence-corrected chi connectivity index (χ2v) is 14.9. The van der Waals surface area contributed by atoms with Gasteiger partial charge in [-0.25, -0.2) is 0 Å². The van der Waals surface area contributed by atoms with E-state index in [-0.39, 0.29) is 0 Å². The summed E-state index contributed by atoms with van der Waals surface area (Å²) in [5, 5.41) is 2.48. The summed E-state index contributed by atoms with van der Waals surface area (Å²) in [6, 6.07) is 89.7. The number of anilines is 3. The fourth-order valence-electron chi connectivity index (χ4n) is 8.25. The summed E-state index contributed by atoms with van der Waals surface area (Å²) in [7, 11) is 0. The fourth-order valence-corrected chi connectivity index (χ4v) is 8.25. The van der Waals surface area contributed by atoms with Gasteiger partial charge < -0.3 is 4.90 Å². The molecule has 0 aliphatic carbocycles. The maximum Gasteiger partial charge on any atom is 0.0462 e. The van der Waals surface area contributed by atoms with Gasteiger partial charge in [0, 0.05) is 17.1 Å². The minimum atomic E-state index is 1.10. The second-order valence-electron chi connectivity index (χ2n) is 14.9. The fraction of sp³-hybridized carbons (Fsp3) is 0. The van der Waals surface area contributed by atoms with Gasteiger partial charge in [-0.3, -0.25) is 0 Å². The standard InChI is InChI=1S/C58H41N/c1-4-13-42(14-5-1)45-29-35-52(36-30-45)59(54-39-33-50(34-40-54)57-22-12-19-48-27-28-51(41-58(48)57)43-15-6-2-7-16-43)53-37-31-46(32-38-53)44-23-25-49(26-24-44)56-21-11-10-20-55(56)47-17-8-3-9-18-47/h1-41H. The van der Waals surface area contributed by atoms with Gasteiger partial charge in [0.2, 0.25) is 0 Å². The van der Waals surface area contributed by atoms with E-state index in [4.69, 9.17) is 0 Å². The van der Waals surface area contributed by atoms with Crippen molar-refractivity contribution >= 4 is 27.8 Å². The van der Waals surface area contributed by atoms with Crippen LogP contribution in [0.5, 0.6) is 0 Å². The van der Waals surface area contributed by atoms with Crippen LogP contribution in [0.1, 0.15) is 0 Å². The summed E-state index contributed by atoms with van der Waals surface area (Å²) in [4.78, 5) is 2.35. The van der Waals surface area contributed by atoms with Crippen molar-refractivity contribution in [3.63, 3.8) is 0 Å². The summed E-state index contributed by atoms with van der Waals surface area (Å²) in [6.07, 6.45) is 0. The molecule has 0 saturated heterocycles. The molecule has 0 amide bonds. The number of hydrogen-bond donors (Lipinski definition) is 0. The van der Waals surface area contributed by atoms with Gasteiger partial charge in [-0.2, -0.15) is 0 Å². The zero-order valence-corrected chi connectivity index (χ0v) is 32.6. The molecule has 1 heteroatoms. The van der Waals surface area contributed by atoms with Crippen molar-refractivity contribution in [2.75, 3.05) is 4.90 Å². The Bertz CT molecular complexity index is 2970. The SMILES string of the molecule is c1ccc(-c2ccc(N(c3ccc(-c4ccc(-c5ccccc5-c5ccccc5)cc4)cc3)c3ccc(-c4cccc5ccc(-c6ccccc6)cc45)cc3)cc2)cc1. The highest BCUT2D eigenvalue weighted by molar-refractivity contribution is 5.99. The summed E-state index contributed by atoms with van der Waals surface area (Å²) in [5.74, 6) is 0. The smallest absolute Gasteiger partial charge is 0.0462 e. The van der Waals surface area contributed by atoms with Crippen LogP contribution in [0.3, 0.4) is 0 Å². The van der Waals surface area contributed by atoms with Crippen molar-refractivity contribution in [3.05, 3.63) is 249 Å². The van der Waals surface area contributed by atoms with Crippen LogP contribution >= 0.6 is 0 Å². The van der Waals surface area contributed by atoms with E-state index < -0.39 is 0 Å². The largest absolute Gasteiger partial charge is 0.311 e. The molecule has 0 atom stereocenters. The van der Waals surface area contributed by atoms with Gasteiger partial charge in [0.25, 0.3) is 0 Å². The van der Waals surface area contributed by atoms with Gasteiger partial charge in [-0.05, 0) is 120 Å². The number of benzene rings is 10. The first-order chi connectivity index (χ1) is 29.2. The van der Waals surface area contributed by atoms with E-state index in [0.717, 1.165) is 17.1 Å². The molecule has 10 aromatic rings. The van der Waals surface area contributed by atoms with Gasteiger partial charge in [0.15, 0.2) is 0 Å². The molecule has 10 aromatic carbocycles. The topological polar surface area (TPSA) is 3.24 Å². The van der Waals surface area contributed by atoms with E-state index in [0.29, 0.717) is 0 Å². The van der Waals surface area contributed by atoms with Crippen LogP contribution in [0, 0.1) is 0 Å². The highest BCUT2D eigenvalue weighted by atomic mass is 15.1. The van der Waals surface area contributed by atoms with Crippen LogP contribution < -0.4 is 4.90 Å². The average molecular weight is 752 g/mol. The highest BCUT2D eigenvalue weighted by Crippen LogP contribution is 2.40. The first kappa shape index (κ1) is 35.7. The molecule has 0 aliphatic rings. The summed E-state index contributed by atoms with van der Waals surface area (Å²) in [6.45, 7) is 0. The molecule has 0 heterocycles. The first-order valence-electron chi connectivity index (χ1n) is 20.2. The minimum absolute atomic E-state index is 1.10. The molecule has 1 nitrogen and oxygen atoms in total. The van der Waals surface area contributed by atoms with Gasteiger partial charge in [0.1, 0.15) is 0 Å². The van der Waals surface area contributed by atoms with Gasteiger partial charge in [0.05, 0.1) is 0 Å². The van der Waals surface area contributed by atoms with Crippen molar-refractivity contribution in [2.24, 2.45) is 0 Å². The lowest BCUT2D eigenvalue weighted by Crippen LogP contribution is -2.09. The molecule has 0 radical (unpaired) electrons. The van der Waals surface area contributed by atoms with Crippen molar-refractivity contribution in [1.82, 2.24) is 0 Å². The third kappa shape index (κ3) is 7.34. The Labute approximate surface area is 346 Å². The lowest BCUT2D eigenvalue weighted by atomic mass is 9.93. The van der Waals surface area contributed by atoms with Crippen molar-refractivity contribution in [1.29, 1.82) is 0 Å². The predicted octanol–water partition coefficient (Wildman–Crippen LogP) is 16.3. The van der Waals surface area contributed by atoms with E-state index in [1.54, 1.807) is 0 Å². The van der Waals surface area contributed by atoms with E-state index >= 15 is 0 Å². The molecule has 59 heavy (non-hydrogen) atoms. The average Bonchev–Trinajstić information content (AvgIpc) is 3.33. The second kappa shape index (κ2) is 16.0. The minimum Gasteiger partial charge on any atom is -0.311 e. The molecule has 0 saturated carbocycles. The van der Waals surface area contributed by atoms with Crippen LogP contribution in [-0.4, -0.2) is 0 Å². The number of nitrogens with zero attached hydrogens (tertiary/aromatic N) is 1. The maximum absolute atomic E-state index is 2.35. The predicted molar refractivity (Wildman–Crippen MR) is 251 cm³/mol. The molecular formula is C58H41N. The zero-order valence-electron chi connectivity index (χ0n) is 32.6. The van der Waals surface area contributed by atoms with E-state index in [1.807, 2.05) is 0 Å². The summed E-state index contributed by atoms with van der Waals surface area (Å²) < 4.78 is 0. The van der Waals surface area contributed by atoms with Crippen LogP contribution in [0.4, 0.5) is 17.1 Å². The molecule has 0 aliphatic heterocycles. The van der Waals surface area contributed by atoms with Gasteiger partial charge >= 0.3 is 0 Å². The van der Waals surface area contributed by atoms with E-state index in [1.165, 1.54) is 77.5 Å². The maximum atomic E-state index is 2.35. The third-order valence-corrected chi connectivity index (χ3v) is 11.3. The van der Waals surface area contributed by atoms with E-state index in [9.17, 15) is 0 Å². The molecule has 0 aromatic heterocycles. The first-order valence-corrected chi connectivity index (χ1v) is 20.2. The summed E-state index contributed by atoms with van der Waals surface area (Å²) >= 11 is 0. The monoisotopic (exact) mass is 751 g/mol. The van der Waals surface area contributed by atoms with Crippen LogP contribution in [0.25, 0.3) is 77.5 Å². The molecule has 0 bridgehead atoms. The van der Waals surface area contributed by atoms with Crippen LogP contribution in [-0.2, 0) is 0 Å². The van der Waals surface area contributed by atoms with Crippen LogP contribution in [0.15, 0.2) is 249 Å². The van der Waals surface area contributed by atoms with Crippen LogP contribution in [0.2, 0.25) is 0 Å². The third-order valence-electron chi connectivity index (χ3n) is 11.3. The number of hydrogen-bond acceptors (Lipinski definition) is 1. The van der Waals surface area contributed by atoms with Crippen molar-refractivity contribution < 1.29 is 0 Å². The molecule has 0 spiro atoms.